The van der Waals surface area contributed by atoms with Crippen LogP contribution in [0.25, 0.3) is 11.3 Å². The van der Waals surface area contributed by atoms with E-state index in [2.05, 4.69) is 46.1 Å². The molecule has 6 aromatic rings. The number of ketones is 1. The molecule has 0 spiro atoms. The highest BCUT2D eigenvalue weighted by atomic mass is 16.6. The van der Waals surface area contributed by atoms with Crippen molar-refractivity contribution in [2.24, 2.45) is 0 Å². The largest absolute Gasteiger partial charge is 0.491 e. The van der Waals surface area contributed by atoms with Crippen molar-refractivity contribution >= 4 is 29.4 Å². The third-order valence-corrected chi connectivity index (χ3v) is 13.3. The number of hydrogen-bond acceptors (Lipinski definition) is 21. The topological polar surface area (TPSA) is 248 Å². The highest BCUT2D eigenvalue weighted by molar-refractivity contribution is 6.13. The maximum atomic E-state index is 13.5. The first-order chi connectivity index (χ1) is 37.4. The molecule has 1 aromatic carbocycles. The SMILES string of the molecule is COC(=O)c1ccc(Oc2cccc(OCCOCCN3CC(OCCOCCOCc4cn(CC(=O)N5CCN(c6ncc(-c7ccc8c(n7)N(Cc7cccnc7C#N)C(C)(C)C8=O)cn6)C[C@H]5C)nn4)C3)c2)nc1. The van der Waals surface area contributed by atoms with Gasteiger partial charge < -0.3 is 47.9 Å². The Bertz CT molecular complexity index is 3020. The van der Waals surface area contributed by atoms with Crippen LogP contribution in [0.5, 0.6) is 17.4 Å². The molecule has 1 amide bonds. The van der Waals surface area contributed by atoms with Gasteiger partial charge in [0, 0.05) is 99.9 Å². The molecule has 402 valence electrons. The van der Waals surface area contributed by atoms with E-state index in [0.717, 1.165) is 19.6 Å². The van der Waals surface area contributed by atoms with E-state index in [-0.39, 0.29) is 37.0 Å². The number of amides is 1. The molecule has 0 bridgehead atoms. The molecule has 3 aliphatic rings. The third kappa shape index (κ3) is 13.5. The maximum absolute atomic E-state index is 13.5. The second-order valence-electron chi connectivity index (χ2n) is 19.1. The van der Waals surface area contributed by atoms with Gasteiger partial charge in [-0.25, -0.2) is 34.4 Å². The average Bonchev–Trinajstić information content (AvgIpc) is 4.01. The zero-order valence-corrected chi connectivity index (χ0v) is 43.5. The van der Waals surface area contributed by atoms with E-state index < -0.39 is 11.5 Å². The average molecular weight is 1050 g/mol. The summed E-state index contributed by atoms with van der Waals surface area (Å²) in [5, 5.41) is 18.0. The van der Waals surface area contributed by atoms with E-state index in [4.69, 9.17) is 38.1 Å². The second-order valence-corrected chi connectivity index (χ2v) is 19.1. The summed E-state index contributed by atoms with van der Waals surface area (Å²) in [6, 6.07) is 19.6. The normalized spacial score (nSPS) is 16.2. The molecule has 5 aromatic heterocycles. The lowest BCUT2D eigenvalue weighted by molar-refractivity contribution is -0.134. The number of carbonyl (C=O) groups is 3. The second kappa shape index (κ2) is 25.2. The molecule has 0 radical (unpaired) electrons. The number of methoxy groups -OCH3 is 1. The minimum absolute atomic E-state index is 0.0464. The van der Waals surface area contributed by atoms with Gasteiger partial charge in [-0.3, -0.25) is 14.5 Å². The van der Waals surface area contributed by atoms with E-state index >= 15 is 0 Å². The fraction of sp³-hybridized carbons (Fsp3) is 0.426. The number of rotatable bonds is 25. The van der Waals surface area contributed by atoms with Gasteiger partial charge in [0.2, 0.25) is 17.7 Å². The Labute approximate surface area is 445 Å². The standard InChI is InChI=1S/C54H61N13O10/c1-37-30-64(53-58-28-40(29-59-53)46-12-11-45-50(69)54(2,3)67(51(45)60-46)31-39-7-6-14-56-47(39)26-55)15-16-66(37)49(68)35-65-32-41(61-62-65)36-74-20-19-73-22-24-76-44-33-63(34-44)17-18-72-21-23-75-42-8-5-9-43(25-42)77-48-13-10-38(27-57-48)52(70)71-4/h5-14,25,27-29,32,37,44H,15-24,30-31,33-36H2,1-4H3/t37-/m1/s1. The Kier molecular flexibility index (Phi) is 17.6. The van der Waals surface area contributed by atoms with Gasteiger partial charge in [0.1, 0.15) is 47.9 Å². The number of nitrogens with zero attached hydrogens (tertiary/aromatic N) is 13. The number of piperazine rings is 1. The smallest absolute Gasteiger partial charge is 0.339 e. The first-order valence-electron chi connectivity index (χ1n) is 25.4. The van der Waals surface area contributed by atoms with Gasteiger partial charge in [-0.2, -0.15) is 5.26 Å². The molecule has 23 heteroatoms. The molecule has 3 aliphatic heterocycles. The lowest BCUT2D eigenvalue weighted by Gasteiger charge is -2.39. The molecule has 2 saturated heterocycles. The molecule has 77 heavy (non-hydrogen) atoms. The zero-order valence-electron chi connectivity index (χ0n) is 43.5. The van der Waals surface area contributed by atoms with Crippen LogP contribution in [0.15, 0.2) is 91.6 Å². The zero-order chi connectivity index (χ0) is 53.7. The molecule has 9 rings (SSSR count). The van der Waals surface area contributed by atoms with Crippen molar-refractivity contribution in [1.82, 2.24) is 49.7 Å². The van der Waals surface area contributed by atoms with E-state index in [1.54, 1.807) is 67.3 Å². The van der Waals surface area contributed by atoms with Crippen molar-refractivity contribution in [3.05, 3.63) is 120 Å². The first kappa shape index (κ1) is 53.8. The fourth-order valence-corrected chi connectivity index (χ4v) is 9.08. The molecule has 1 atom stereocenters. The number of nitriles is 1. The minimum atomic E-state index is -0.874. The summed E-state index contributed by atoms with van der Waals surface area (Å²) in [6.45, 7) is 13.5. The minimum Gasteiger partial charge on any atom is -0.491 e. The summed E-state index contributed by atoms with van der Waals surface area (Å²) in [5.41, 5.74) is 2.92. The molecule has 2 fully saturated rings. The quantitative estimate of drug-likeness (QED) is 0.0569. The van der Waals surface area contributed by atoms with Gasteiger partial charge in [0.05, 0.1) is 88.0 Å². The summed E-state index contributed by atoms with van der Waals surface area (Å²) < 4.78 is 41.0. The lowest BCUT2D eigenvalue weighted by Crippen LogP contribution is -2.55. The number of pyridine rings is 3. The number of aromatic nitrogens is 8. The Morgan fingerprint density at radius 2 is 1.64 bits per heavy atom. The van der Waals surface area contributed by atoms with Gasteiger partial charge in [-0.15, -0.1) is 5.10 Å². The van der Waals surface area contributed by atoms with E-state index in [0.29, 0.717) is 141 Å². The number of hydrogen-bond donors (Lipinski definition) is 0. The van der Waals surface area contributed by atoms with Crippen molar-refractivity contribution < 1.29 is 47.5 Å². The van der Waals surface area contributed by atoms with Crippen molar-refractivity contribution in [2.75, 3.05) is 102 Å². The number of esters is 1. The predicted molar refractivity (Wildman–Crippen MR) is 277 cm³/mol. The number of likely N-dealkylation sites (tertiary alicyclic amines) is 1. The molecule has 8 heterocycles. The summed E-state index contributed by atoms with van der Waals surface area (Å²) in [4.78, 5) is 69.2. The molecule has 0 unspecified atom stereocenters. The van der Waals surface area contributed by atoms with E-state index in [1.165, 1.54) is 18.0 Å². The molecule has 0 aliphatic carbocycles. The summed E-state index contributed by atoms with van der Waals surface area (Å²) >= 11 is 0. The van der Waals surface area contributed by atoms with Gasteiger partial charge in [-0.1, -0.05) is 17.3 Å². The van der Waals surface area contributed by atoms with Crippen LogP contribution in [0.1, 0.15) is 58.4 Å². The van der Waals surface area contributed by atoms with Crippen LogP contribution in [0.2, 0.25) is 0 Å². The van der Waals surface area contributed by atoms with Crippen molar-refractivity contribution in [3.8, 4) is 34.7 Å². The Morgan fingerprint density at radius 3 is 2.43 bits per heavy atom. The predicted octanol–water partition coefficient (Wildman–Crippen LogP) is 4.42. The van der Waals surface area contributed by atoms with Gasteiger partial charge >= 0.3 is 5.97 Å². The third-order valence-electron chi connectivity index (χ3n) is 13.3. The van der Waals surface area contributed by atoms with Crippen LogP contribution in [0, 0.1) is 11.3 Å². The highest BCUT2D eigenvalue weighted by Gasteiger charge is 2.45. The Morgan fingerprint density at radius 1 is 0.844 bits per heavy atom. The lowest BCUT2D eigenvalue weighted by atomic mass is 9.97. The summed E-state index contributed by atoms with van der Waals surface area (Å²) in [6.07, 6.45) is 8.31. The number of Topliss-reactive ketones (excluding diaryl/α,β-unsaturated/α-hetero) is 1. The van der Waals surface area contributed by atoms with Crippen LogP contribution in [0.4, 0.5) is 11.8 Å². The fourth-order valence-electron chi connectivity index (χ4n) is 9.08. The van der Waals surface area contributed by atoms with Crippen molar-refractivity contribution in [1.29, 1.82) is 5.26 Å². The first-order valence-corrected chi connectivity index (χ1v) is 25.4. The van der Waals surface area contributed by atoms with Crippen LogP contribution in [-0.4, -0.2) is 178 Å². The van der Waals surface area contributed by atoms with Crippen LogP contribution >= 0.6 is 0 Å². The van der Waals surface area contributed by atoms with Gasteiger partial charge in [0.15, 0.2) is 5.78 Å². The molecule has 0 saturated carbocycles. The van der Waals surface area contributed by atoms with E-state index in [1.807, 2.05) is 48.8 Å². The monoisotopic (exact) mass is 1050 g/mol. The maximum Gasteiger partial charge on any atom is 0.339 e. The van der Waals surface area contributed by atoms with Crippen LogP contribution in [0.3, 0.4) is 0 Å². The summed E-state index contributed by atoms with van der Waals surface area (Å²) in [7, 11) is 1.32. The summed E-state index contributed by atoms with van der Waals surface area (Å²) in [5.74, 6) is 2.05. The molecule has 23 nitrogen and oxygen atoms in total. The van der Waals surface area contributed by atoms with E-state index in [9.17, 15) is 19.6 Å². The van der Waals surface area contributed by atoms with Crippen LogP contribution in [-0.2, 0) is 48.2 Å². The molecular formula is C54H61N13O10. The number of anilines is 2. The highest BCUT2D eigenvalue weighted by Crippen LogP contribution is 2.40. The number of ether oxygens (including phenoxy) is 7. The van der Waals surface area contributed by atoms with Crippen LogP contribution < -0.4 is 19.3 Å². The van der Waals surface area contributed by atoms with Gasteiger partial charge in [0.25, 0.3) is 0 Å². The molecular weight excluding hydrogens is 991 g/mol. The van der Waals surface area contributed by atoms with Crippen molar-refractivity contribution in [2.45, 2.75) is 58.2 Å². The number of benzene rings is 1. The Hall–Kier alpha value is -8.01. The number of carbonyl (C=O) groups excluding carboxylic acids is 3. The number of fused-ring (bicyclic) bond motifs is 1. The molecule has 0 N–H and O–H groups in total. The van der Waals surface area contributed by atoms with Crippen molar-refractivity contribution in [3.63, 3.8) is 0 Å². The van der Waals surface area contributed by atoms with Gasteiger partial charge in [-0.05, 0) is 57.2 Å². The Balaban J connectivity index is 0.602.